The third-order valence-corrected chi connectivity index (χ3v) is 7.09. The second kappa shape index (κ2) is 5.34. The van der Waals surface area contributed by atoms with Crippen LogP contribution in [0.4, 0.5) is 0 Å². The van der Waals surface area contributed by atoms with Gasteiger partial charge in [-0.25, -0.2) is 0 Å². The Kier molecular flexibility index (Phi) is 3.53. The fourth-order valence-corrected chi connectivity index (χ4v) is 5.79. The van der Waals surface area contributed by atoms with Gasteiger partial charge in [-0.05, 0) is 85.0 Å². The van der Waals surface area contributed by atoms with E-state index in [9.17, 15) is 9.90 Å². The molecule has 0 bridgehead atoms. The van der Waals surface area contributed by atoms with Crippen molar-refractivity contribution >= 4 is 0 Å². The number of aliphatic hydroxyl groups is 1. The summed E-state index contributed by atoms with van der Waals surface area (Å²) in [5.74, 6) is 2.26. The maximum atomic E-state index is 12.2. The van der Waals surface area contributed by atoms with Crippen LogP contribution in [-0.4, -0.2) is 18.3 Å². The second-order valence-corrected chi connectivity index (χ2v) is 7.94. The first-order chi connectivity index (χ1) is 11.0. The molecule has 3 aliphatic carbocycles. The molecule has 3 nitrogen and oxygen atoms in total. The van der Waals surface area contributed by atoms with Gasteiger partial charge in [-0.1, -0.05) is 13.0 Å². The average molecular weight is 314 g/mol. The summed E-state index contributed by atoms with van der Waals surface area (Å²) in [7, 11) is 1.56. The number of aryl methyl sites for hydroxylation is 1. The van der Waals surface area contributed by atoms with Gasteiger partial charge in [0.1, 0.15) is 0 Å². The van der Waals surface area contributed by atoms with E-state index in [1.165, 1.54) is 11.1 Å². The zero-order valence-corrected chi connectivity index (χ0v) is 14.0. The molecule has 23 heavy (non-hydrogen) atoms. The average Bonchev–Trinajstić information content (AvgIpc) is 2.74. The maximum Gasteiger partial charge on any atom is 0.220 e. The zero-order chi connectivity index (χ0) is 16.2. The van der Waals surface area contributed by atoms with Gasteiger partial charge >= 0.3 is 0 Å². The summed E-state index contributed by atoms with van der Waals surface area (Å²) in [6, 6.07) is 5.77. The molecule has 5 atom stereocenters. The van der Waals surface area contributed by atoms with E-state index in [4.69, 9.17) is 4.74 Å². The summed E-state index contributed by atoms with van der Waals surface area (Å²) in [6.07, 6.45) is 6.33. The summed E-state index contributed by atoms with van der Waals surface area (Å²) in [6.45, 7) is 2.30. The minimum Gasteiger partial charge on any atom is -0.493 e. The molecule has 1 N–H and O–H groups in total. The highest BCUT2D eigenvalue weighted by molar-refractivity contribution is 5.37. The number of fused-ring (bicyclic) bond motifs is 5. The lowest BCUT2D eigenvalue weighted by Gasteiger charge is -2.49. The van der Waals surface area contributed by atoms with Gasteiger partial charge in [-0.2, -0.15) is 0 Å². The molecule has 0 radical (unpaired) electrons. The van der Waals surface area contributed by atoms with E-state index < -0.39 is 0 Å². The van der Waals surface area contributed by atoms with Crippen LogP contribution in [0.5, 0.6) is 5.75 Å². The number of hydrogen-bond donors (Lipinski definition) is 1. The Balaban J connectivity index is 1.75. The van der Waals surface area contributed by atoms with Crippen LogP contribution in [0.25, 0.3) is 0 Å². The van der Waals surface area contributed by atoms with Crippen molar-refractivity contribution in [1.29, 1.82) is 0 Å². The van der Waals surface area contributed by atoms with Crippen LogP contribution in [0, 0.1) is 17.3 Å². The van der Waals surface area contributed by atoms with Crippen LogP contribution < -0.4 is 10.2 Å². The van der Waals surface area contributed by atoms with Crippen LogP contribution in [0.15, 0.2) is 23.0 Å². The Morgan fingerprint density at radius 3 is 2.83 bits per heavy atom. The fourth-order valence-electron chi connectivity index (χ4n) is 5.79. The highest BCUT2D eigenvalue weighted by Crippen LogP contribution is 2.60. The summed E-state index contributed by atoms with van der Waals surface area (Å²) < 4.78 is 5.21. The topological polar surface area (TPSA) is 46.5 Å². The van der Waals surface area contributed by atoms with Gasteiger partial charge in [0, 0.05) is 0 Å². The molecule has 0 unspecified atom stereocenters. The van der Waals surface area contributed by atoms with Gasteiger partial charge in [0.25, 0.3) is 0 Å². The van der Waals surface area contributed by atoms with Crippen molar-refractivity contribution in [1.82, 2.24) is 0 Å². The molecule has 3 heteroatoms. The highest BCUT2D eigenvalue weighted by atomic mass is 16.5. The second-order valence-electron chi connectivity index (χ2n) is 7.94. The molecule has 1 aromatic rings. The molecule has 0 saturated heterocycles. The minimum atomic E-state index is -0.130. The van der Waals surface area contributed by atoms with E-state index in [2.05, 4.69) is 13.0 Å². The van der Waals surface area contributed by atoms with E-state index in [0.717, 1.165) is 38.5 Å². The standard InChI is InChI=1S/C20H26O3/c1-20-10-9-14-13-5-7-18(23-2)17(21)11-12(13)3-4-15(14)16(20)6-8-19(20)22/h5,7,11,14-16,19,22H,3-4,6,8-10H2,1-2H3/t14-,15-,16+,19+,20+/m1/s1. The van der Waals surface area contributed by atoms with Crippen molar-refractivity contribution in [3.05, 3.63) is 39.5 Å². The van der Waals surface area contributed by atoms with Crippen molar-refractivity contribution in [3.63, 3.8) is 0 Å². The summed E-state index contributed by atoms with van der Waals surface area (Å²) >= 11 is 0. The van der Waals surface area contributed by atoms with Gasteiger partial charge in [0.15, 0.2) is 5.75 Å². The molecule has 2 fully saturated rings. The van der Waals surface area contributed by atoms with Crippen molar-refractivity contribution in [2.24, 2.45) is 17.3 Å². The number of methoxy groups -OCH3 is 1. The minimum absolute atomic E-state index is 0.0101. The van der Waals surface area contributed by atoms with Crippen LogP contribution in [0.2, 0.25) is 0 Å². The molecule has 124 valence electrons. The van der Waals surface area contributed by atoms with Crippen LogP contribution in [0.1, 0.15) is 56.1 Å². The number of rotatable bonds is 1. The van der Waals surface area contributed by atoms with Crippen molar-refractivity contribution in [3.8, 4) is 5.75 Å². The lowest BCUT2D eigenvalue weighted by molar-refractivity contribution is -0.0225. The summed E-state index contributed by atoms with van der Waals surface area (Å²) in [5, 5.41) is 10.5. The predicted octanol–water partition coefficient (Wildman–Crippen LogP) is 3.27. The Labute approximate surface area is 137 Å². The largest absolute Gasteiger partial charge is 0.493 e. The zero-order valence-electron chi connectivity index (χ0n) is 14.0. The molecular weight excluding hydrogens is 288 g/mol. The molecule has 0 spiro atoms. The molecule has 2 saturated carbocycles. The molecular formula is C20H26O3. The Morgan fingerprint density at radius 2 is 2.04 bits per heavy atom. The Hall–Kier alpha value is -1.35. The Bertz CT molecular complexity index is 683. The van der Waals surface area contributed by atoms with Crippen molar-refractivity contribution < 1.29 is 9.84 Å². The van der Waals surface area contributed by atoms with E-state index in [1.54, 1.807) is 13.2 Å². The number of ether oxygens (including phenoxy) is 1. The summed E-state index contributed by atoms with van der Waals surface area (Å²) in [5.41, 5.74) is 2.66. The van der Waals surface area contributed by atoms with Crippen molar-refractivity contribution in [2.75, 3.05) is 7.11 Å². The first-order valence-electron chi connectivity index (χ1n) is 8.94. The van der Waals surface area contributed by atoms with E-state index in [1.807, 2.05) is 6.07 Å². The molecule has 3 aliphatic rings. The Morgan fingerprint density at radius 1 is 1.22 bits per heavy atom. The van der Waals surface area contributed by atoms with Crippen molar-refractivity contribution in [2.45, 2.75) is 57.5 Å². The van der Waals surface area contributed by atoms with Gasteiger partial charge in [0.05, 0.1) is 13.2 Å². The third kappa shape index (κ3) is 2.16. The number of hydrogen-bond acceptors (Lipinski definition) is 3. The first-order valence-corrected chi connectivity index (χ1v) is 8.94. The van der Waals surface area contributed by atoms with E-state index >= 15 is 0 Å². The fraction of sp³-hybridized carbons (Fsp3) is 0.650. The molecule has 0 amide bonds. The first kappa shape index (κ1) is 15.2. The molecule has 1 aromatic carbocycles. The monoisotopic (exact) mass is 314 g/mol. The van der Waals surface area contributed by atoms with Gasteiger partial charge in [-0.15, -0.1) is 0 Å². The lowest BCUT2D eigenvalue weighted by Crippen LogP contribution is -2.43. The van der Waals surface area contributed by atoms with Crippen LogP contribution in [-0.2, 0) is 6.42 Å². The molecule has 0 aliphatic heterocycles. The molecule has 0 aromatic heterocycles. The van der Waals surface area contributed by atoms with E-state index in [0.29, 0.717) is 23.5 Å². The van der Waals surface area contributed by atoms with Gasteiger partial charge < -0.3 is 9.84 Å². The highest BCUT2D eigenvalue weighted by Gasteiger charge is 2.54. The molecule has 4 rings (SSSR count). The van der Waals surface area contributed by atoms with Crippen LogP contribution >= 0.6 is 0 Å². The van der Waals surface area contributed by atoms with Crippen LogP contribution in [0.3, 0.4) is 0 Å². The van der Waals surface area contributed by atoms with Gasteiger partial charge in [-0.3, -0.25) is 4.79 Å². The third-order valence-electron chi connectivity index (χ3n) is 7.09. The molecule has 0 heterocycles. The lowest BCUT2D eigenvalue weighted by atomic mass is 9.55. The SMILES string of the molecule is COc1ccc2c(cc1=O)CC[C@@H]1[C@@H]2CC[C@]2(C)[C@@H](O)CC[C@@H]12. The maximum absolute atomic E-state index is 12.2. The predicted molar refractivity (Wildman–Crippen MR) is 89.9 cm³/mol. The normalized spacial score (nSPS) is 38.4. The smallest absolute Gasteiger partial charge is 0.220 e. The quantitative estimate of drug-likeness (QED) is 0.865. The van der Waals surface area contributed by atoms with Gasteiger partial charge in [0.2, 0.25) is 5.43 Å². The van der Waals surface area contributed by atoms with E-state index in [-0.39, 0.29) is 16.9 Å². The summed E-state index contributed by atoms with van der Waals surface area (Å²) in [4.78, 5) is 12.2. The number of aliphatic hydroxyl groups excluding tert-OH is 1.